The third-order valence-electron chi connectivity index (χ3n) is 13.0. The molecule has 336 valence electrons. The second-order valence-electron chi connectivity index (χ2n) is 17.9. The molecule has 3 aromatic carbocycles. The first kappa shape index (κ1) is 46.3. The zero-order valence-electron chi connectivity index (χ0n) is 36.2. The lowest BCUT2D eigenvalue weighted by molar-refractivity contribution is -0.132. The molecular weight excluding hydrogens is 805 g/mol. The summed E-state index contributed by atoms with van der Waals surface area (Å²) in [6, 6.07) is 17.9. The zero-order chi connectivity index (χ0) is 45.3. The van der Waals surface area contributed by atoms with Gasteiger partial charge in [-0.2, -0.15) is 0 Å². The maximum atomic E-state index is 13.5. The normalized spacial score (nSPS) is 21.3. The fourth-order valence-electron chi connectivity index (χ4n) is 9.71. The van der Waals surface area contributed by atoms with Crippen molar-refractivity contribution in [2.45, 2.75) is 103 Å². The van der Waals surface area contributed by atoms with Crippen LogP contribution in [0, 0.1) is 23.2 Å². The van der Waals surface area contributed by atoms with E-state index in [1.54, 1.807) is 36.4 Å². The van der Waals surface area contributed by atoms with E-state index < -0.39 is 66.7 Å². The van der Waals surface area contributed by atoms with Gasteiger partial charge in [0.2, 0.25) is 29.5 Å². The van der Waals surface area contributed by atoms with Gasteiger partial charge in [0.05, 0.1) is 13.1 Å². The van der Waals surface area contributed by atoms with E-state index >= 15 is 0 Å². The molecule has 7 atom stereocenters. The number of ether oxygens (including phenoxy) is 1. The van der Waals surface area contributed by atoms with E-state index in [0.29, 0.717) is 47.7 Å². The molecule has 63 heavy (non-hydrogen) atoms. The van der Waals surface area contributed by atoms with Crippen LogP contribution in [-0.2, 0) is 52.8 Å². The molecule has 2 fully saturated rings. The minimum atomic E-state index is -1.13. The van der Waals surface area contributed by atoms with Crippen LogP contribution in [0.5, 0.6) is 11.5 Å². The lowest BCUT2D eigenvalue weighted by Crippen LogP contribution is -2.55. The second kappa shape index (κ2) is 20.7. The van der Waals surface area contributed by atoms with Crippen molar-refractivity contribution in [1.29, 1.82) is 0 Å². The summed E-state index contributed by atoms with van der Waals surface area (Å²) in [5, 5.41) is 22.7. The lowest BCUT2D eigenvalue weighted by Gasteiger charge is -2.48. The van der Waals surface area contributed by atoms with Crippen LogP contribution in [0.25, 0.3) is 0 Å². The quantitative estimate of drug-likeness (QED) is 0.0938. The number of hydrogen-bond donors (Lipinski definition) is 7. The molecule has 8 N–H and O–H groups in total. The number of ketones is 1. The van der Waals surface area contributed by atoms with Gasteiger partial charge < -0.3 is 42.2 Å². The van der Waals surface area contributed by atoms with E-state index in [1.807, 2.05) is 32.0 Å². The lowest BCUT2D eigenvalue weighted by atomic mass is 9.55. The van der Waals surface area contributed by atoms with Gasteiger partial charge in [-0.3, -0.25) is 33.6 Å². The van der Waals surface area contributed by atoms with Crippen molar-refractivity contribution in [3.05, 3.63) is 95.1 Å². The van der Waals surface area contributed by atoms with Gasteiger partial charge in [-0.25, -0.2) is 0 Å². The van der Waals surface area contributed by atoms with Crippen molar-refractivity contribution in [2.75, 3.05) is 19.7 Å². The molecule has 0 saturated heterocycles. The van der Waals surface area contributed by atoms with Crippen LogP contribution >= 0.6 is 0 Å². The molecule has 0 bridgehead atoms. The average molecular weight is 865 g/mol. The van der Waals surface area contributed by atoms with Crippen LogP contribution in [0.4, 0.5) is 0 Å². The average Bonchev–Trinajstić information content (AvgIpc) is 3.57. The number of phenols is 1. The molecule has 3 aliphatic rings. The largest absolute Gasteiger partial charge is 0.508 e. The van der Waals surface area contributed by atoms with Crippen LogP contribution in [0.2, 0.25) is 0 Å². The highest BCUT2D eigenvalue weighted by atomic mass is 16.5. The minimum Gasteiger partial charge on any atom is -0.508 e. The third-order valence-corrected chi connectivity index (χ3v) is 13.0. The number of aromatic hydroxyl groups is 1. The Hall–Kier alpha value is -6.25. The molecule has 0 heterocycles. The highest BCUT2D eigenvalue weighted by Crippen LogP contribution is 2.59. The number of amides is 6. The summed E-state index contributed by atoms with van der Waals surface area (Å²) < 4.78 is 5.92. The van der Waals surface area contributed by atoms with Gasteiger partial charge in [-0.15, -0.1) is 0 Å². The fraction of sp³-hybridized carbons (Fsp3) is 0.479. The first-order chi connectivity index (χ1) is 30.1. The van der Waals surface area contributed by atoms with Gasteiger partial charge in [0.15, 0.2) is 6.61 Å². The maximum Gasteiger partial charge on any atom is 0.258 e. The Morgan fingerprint density at radius 2 is 1.43 bits per heavy atom. The van der Waals surface area contributed by atoms with Crippen molar-refractivity contribution >= 4 is 41.2 Å². The number of Topliss-reactive ketones (excluding diaryl/α,β-unsaturated/α-hetero) is 1. The molecule has 3 aromatic rings. The molecule has 6 amide bonds. The molecule has 3 unspecified atom stereocenters. The number of aryl methyl sites for hydroxylation is 1. The second-order valence-corrected chi connectivity index (χ2v) is 17.9. The SMILES string of the molecule is CC(C)C[C@H](NC(=O)[C@H](Cc1ccccc1)NC(=O)CNC(=O)CNC(=O)[C@H](Cc1ccc(O)cc1)NC(=O)COc1ccc2c(c1)CCC1C2CC[C@]2(C)C(=O)CCC12)C(N)=O. The number of nitrogens with two attached hydrogens (primary N) is 1. The van der Waals surface area contributed by atoms with Crippen LogP contribution in [-0.4, -0.2) is 84.2 Å². The first-order valence-corrected chi connectivity index (χ1v) is 21.9. The smallest absolute Gasteiger partial charge is 0.258 e. The van der Waals surface area contributed by atoms with Gasteiger partial charge >= 0.3 is 0 Å². The number of rotatable bonds is 19. The summed E-state index contributed by atoms with van der Waals surface area (Å²) in [7, 11) is 0. The monoisotopic (exact) mass is 864 g/mol. The van der Waals surface area contributed by atoms with Crippen LogP contribution in [0.3, 0.4) is 0 Å². The number of fused-ring (bicyclic) bond motifs is 5. The molecule has 0 aromatic heterocycles. The molecule has 3 aliphatic carbocycles. The number of nitrogens with one attached hydrogen (secondary N) is 5. The number of primary amides is 1. The summed E-state index contributed by atoms with van der Waals surface area (Å²) >= 11 is 0. The van der Waals surface area contributed by atoms with Crippen LogP contribution in [0.15, 0.2) is 72.8 Å². The molecule has 15 nitrogen and oxygen atoms in total. The third kappa shape index (κ3) is 12.0. The van der Waals surface area contributed by atoms with Gasteiger partial charge in [0.25, 0.3) is 5.91 Å². The zero-order valence-corrected chi connectivity index (χ0v) is 36.2. The molecule has 15 heteroatoms. The fourth-order valence-corrected chi connectivity index (χ4v) is 9.71. The van der Waals surface area contributed by atoms with Gasteiger partial charge in [-0.05, 0) is 109 Å². The summed E-state index contributed by atoms with van der Waals surface area (Å²) in [5.74, 6) is -1.58. The van der Waals surface area contributed by atoms with Crippen LogP contribution in [0.1, 0.15) is 87.5 Å². The van der Waals surface area contributed by atoms with Gasteiger partial charge in [0.1, 0.15) is 35.4 Å². The van der Waals surface area contributed by atoms with E-state index in [9.17, 15) is 38.7 Å². The molecule has 0 spiro atoms. The standard InChI is InChI=1S/C48H60N6O9/c1-28(2)21-38(45(49)60)54-47(62)40(22-29-7-5-4-6-8-29)52-43(58)26-50-42(57)25-51-46(61)39(23-30-9-12-32(55)13-10-30)53-44(59)27-63-33-14-16-34-31(24-33)11-15-36-35(34)19-20-48(3)37(36)17-18-41(48)56/h4-10,12-14,16,24,28,35-40,55H,11,15,17-23,25-27H2,1-3H3,(H2,49,60)(H,50,57)(H,51,61)(H,52,58)(H,53,59)(H,54,62)/t35?,36?,37?,38-,39-,40-,48-/m0/s1. The first-order valence-electron chi connectivity index (χ1n) is 21.9. The molecule has 0 radical (unpaired) electrons. The topological polar surface area (TPSA) is 235 Å². The highest BCUT2D eigenvalue weighted by molar-refractivity contribution is 5.94. The Bertz CT molecular complexity index is 2160. The van der Waals surface area contributed by atoms with Crippen molar-refractivity contribution in [3.63, 3.8) is 0 Å². The number of hydrogen-bond acceptors (Lipinski definition) is 9. The maximum absolute atomic E-state index is 13.5. The molecule has 0 aliphatic heterocycles. The Morgan fingerprint density at radius 1 is 0.762 bits per heavy atom. The van der Waals surface area contributed by atoms with E-state index in [-0.39, 0.29) is 36.5 Å². The highest BCUT2D eigenvalue weighted by Gasteiger charge is 2.54. The van der Waals surface area contributed by atoms with Gasteiger partial charge in [-0.1, -0.05) is 69.3 Å². The Kier molecular flexibility index (Phi) is 15.2. The van der Waals surface area contributed by atoms with E-state index in [2.05, 4.69) is 39.6 Å². The molecule has 6 rings (SSSR count). The van der Waals surface area contributed by atoms with Crippen molar-refractivity contribution in [2.24, 2.45) is 28.9 Å². The number of benzene rings is 3. The molecular formula is C48H60N6O9. The minimum absolute atomic E-state index is 0.0297. The number of phenolic OH excluding ortho intramolecular Hbond substituents is 1. The summed E-state index contributed by atoms with van der Waals surface area (Å²) in [5.41, 5.74) is 9.20. The Balaban J connectivity index is 1.01. The van der Waals surface area contributed by atoms with Gasteiger partial charge in [0, 0.05) is 24.7 Å². The van der Waals surface area contributed by atoms with E-state index in [0.717, 1.165) is 37.7 Å². The predicted molar refractivity (Wildman–Crippen MR) is 234 cm³/mol. The van der Waals surface area contributed by atoms with Crippen LogP contribution < -0.4 is 37.1 Å². The Labute approximate surface area is 368 Å². The van der Waals surface area contributed by atoms with Crippen molar-refractivity contribution in [1.82, 2.24) is 26.6 Å². The molecule has 2 saturated carbocycles. The van der Waals surface area contributed by atoms with Crippen molar-refractivity contribution in [3.8, 4) is 11.5 Å². The summed E-state index contributed by atoms with van der Waals surface area (Å²) in [6.07, 6.45) is 5.89. The summed E-state index contributed by atoms with van der Waals surface area (Å²) in [4.78, 5) is 90.7. The summed E-state index contributed by atoms with van der Waals surface area (Å²) in [6.45, 7) is 4.51. The van der Waals surface area contributed by atoms with Crippen molar-refractivity contribution < 1.29 is 43.4 Å². The van der Waals surface area contributed by atoms with E-state index in [4.69, 9.17) is 10.5 Å². The van der Waals surface area contributed by atoms with E-state index in [1.165, 1.54) is 23.3 Å². The number of carbonyl (C=O) groups excluding carboxylic acids is 7. The predicted octanol–water partition coefficient (Wildman–Crippen LogP) is 2.90. The number of carbonyl (C=O) groups is 7. The Morgan fingerprint density at radius 3 is 2.13 bits per heavy atom.